The van der Waals surface area contributed by atoms with E-state index in [0.717, 1.165) is 12.0 Å². The van der Waals surface area contributed by atoms with Gasteiger partial charge in [-0.3, -0.25) is 0 Å². The number of hydrogen-bond acceptors (Lipinski definition) is 2. The molecule has 2 nitrogen and oxygen atoms in total. The zero-order valence-corrected chi connectivity index (χ0v) is 10.1. The van der Waals surface area contributed by atoms with Crippen molar-refractivity contribution in [3.63, 3.8) is 0 Å². The van der Waals surface area contributed by atoms with E-state index in [9.17, 15) is 5.11 Å². The minimum absolute atomic E-state index is 0.194. The average molecular weight is 220 g/mol. The Kier molecular flexibility index (Phi) is 3.31. The minimum atomic E-state index is -0.690. The van der Waals surface area contributed by atoms with E-state index in [1.54, 1.807) is 0 Å². The van der Waals surface area contributed by atoms with Crippen LogP contribution in [0.2, 0.25) is 0 Å². The van der Waals surface area contributed by atoms with Gasteiger partial charge in [0, 0.05) is 12.8 Å². The highest BCUT2D eigenvalue weighted by atomic mass is 16.5. The third-order valence-corrected chi connectivity index (χ3v) is 3.45. The Morgan fingerprint density at radius 3 is 3.00 bits per heavy atom. The normalized spacial score (nSPS) is 30.3. The first kappa shape index (κ1) is 11.6. The third-order valence-electron chi connectivity index (χ3n) is 3.45. The Labute approximate surface area is 97.3 Å². The van der Waals surface area contributed by atoms with E-state index >= 15 is 0 Å². The molecule has 0 radical (unpaired) electrons. The van der Waals surface area contributed by atoms with Crippen LogP contribution < -0.4 is 0 Å². The second-order valence-corrected chi connectivity index (χ2v) is 4.76. The summed E-state index contributed by atoms with van der Waals surface area (Å²) in [4.78, 5) is 0. The first-order valence-corrected chi connectivity index (χ1v) is 6.05. The maximum absolute atomic E-state index is 10.7. The topological polar surface area (TPSA) is 29.5 Å². The predicted octanol–water partition coefficient (Wildman–Crippen LogP) is 2.77. The van der Waals surface area contributed by atoms with Crippen LogP contribution in [0.4, 0.5) is 0 Å². The van der Waals surface area contributed by atoms with E-state index in [-0.39, 0.29) is 6.10 Å². The highest BCUT2D eigenvalue weighted by Gasteiger charge is 2.35. The fourth-order valence-electron chi connectivity index (χ4n) is 2.39. The molecule has 2 rings (SSSR count). The van der Waals surface area contributed by atoms with E-state index in [1.807, 2.05) is 12.1 Å². The summed E-state index contributed by atoms with van der Waals surface area (Å²) in [5.74, 6) is 0. The lowest BCUT2D eigenvalue weighted by Crippen LogP contribution is -2.38. The molecule has 1 aliphatic rings. The summed E-state index contributed by atoms with van der Waals surface area (Å²) < 4.78 is 5.61. The van der Waals surface area contributed by atoms with Crippen LogP contribution in [-0.2, 0) is 10.3 Å². The van der Waals surface area contributed by atoms with Gasteiger partial charge in [0.05, 0.1) is 18.3 Å². The Balaban J connectivity index is 2.23. The summed E-state index contributed by atoms with van der Waals surface area (Å²) >= 11 is 0. The van der Waals surface area contributed by atoms with Gasteiger partial charge in [-0.25, -0.2) is 0 Å². The van der Waals surface area contributed by atoms with Crippen LogP contribution in [0.5, 0.6) is 0 Å². The van der Waals surface area contributed by atoms with Gasteiger partial charge in [-0.15, -0.1) is 0 Å². The van der Waals surface area contributed by atoms with E-state index in [1.165, 1.54) is 5.56 Å². The second-order valence-electron chi connectivity index (χ2n) is 4.76. The predicted molar refractivity (Wildman–Crippen MR) is 64.3 cm³/mol. The van der Waals surface area contributed by atoms with Gasteiger partial charge in [0.2, 0.25) is 0 Å². The number of rotatable bonds is 2. The van der Waals surface area contributed by atoms with E-state index < -0.39 is 5.60 Å². The molecular formula is C14H20O2. The molecule has 88 valence electrons. The van der Waals surface area contributed by atoms with Crippen LogP contribution in [0.25, 0.3) is 0 Å². The minimum Gasteiger partial charge on any atom is -0.385 e. The largest absolute Gasteiger partial charge is 0.385 e. The monoisotopic (exact) mass is 220 g/mol. The van der Waals surface area contributed by atoms with Crippen LogP contribution in [0.3, 0.4) is 0 Å². The molecule has 0 aromatic heterocycles. The smallest absolute Gasteiger partial charge is 0.0943 e. The number of ether oxygens (including phenoxy) is 1. The molecule has 1 aliphatic heterocycles. The molecule has 1 heterocycles. The maximum Gasteiger partial charge on any atom is 0.0943 e. The van der Waals surface area contributed by atoms with Gasteiger partial charge < -0.3 is 9.84 Å². The van der Waals surface area contributed by atoms with Gasteiger partial charge in [-0.1, -0.05) is 36.8 Å². The molecule has 16 heavy (non-hydrogen) atoms. The van der Waals surface area contributed by atoms with E-state index in [4.69, 9.17) is 4.74 Å². The lowest BCUT2D eigenvalue weighted by atomic mass is 9.82. The molecule has 1 fully saturated rings. The second kappa shape index (κ2) is 4.56. The zero-order valence-electron chi connectivity index (χ0n) is 10.1. The lowest BCUT2D eigenvalue weighted by molar-refractivity contribution is -0.108. The van der Waals surface area contributed by atoms with Crippen LogP contribution in [0, 0.1) is 6.92 Å². The van der Waals surface area contributed by atoms with Crippen LogP contribution in [-0.4, -0.2) is 17.8 Å². The first-order chi connectivity index (χ1) is 7.64. The molecule has 2 unspecified atom stereocenters. The molecule has 0 aliphatic carbocycles. The fourth-order valence-corrected chi connectivity index (χ4v) is 2.39. The molecule has 2 atom stereocenters. The van der Waals surface area contributed by atoms with Crippen molar-refractivity contribution in [3.05, 3.63) is 35.4 Å². The van der Waals surface area contributed by atoms with Crippen molar-refractivity contribution in [3.8, 4) is 0 Å². The van der Waals surface area contributed by atoms with Gasteiger partial charge in [0.25, 0.3) is 0 Å². The van der Waals surface area contributed by atoms with E-state index in [2.05, 4.69) is 26.0 Å². The van der Waals surface area contributed by atoms with Crippen molar-refractivity contribution in [2.45, 2.75) is 44.8 Å². The molecule has 0 saturated carbocycles. The average Bonchev–Trinajstić information content (AvgIpc) is 2.29. The van der Waals surface area contributed by atoms with Crippen molar-refractivity contribution >= 4 is 0 Å². The van der Waals surface area contributed by atoms with Gasteiger partial charge in [-0.05, 0) is 18.9 Å². The molecule has 1 saturated heterocycles. The highest BCUT2D eigenvalue weighted by Crippen LogP contribution is 2.35. The molecule has 0 amide bonds. The Morgan fingerprint density at radius 2 is 2.31 bits per heavy atom. The Bertz CT molecular complexity index is 362. The molecular weight excluding hydrogens is 200 g/mol. The van der Waals surface area contributed by atoms with Crippen LogP contribution in [0.1, 0.15) is 37.3 Å². The summed E-state index contributed by atoms with van der Waals surface area (Å²) in [7, 11) is 0. The first-order valence-electron chi connectivity index (χ1n) is 6.05. The highest BCUT2D eigenvalue weighted by molar-refractivity contribution is 5.28. The lowest BCUT2D eigenvalue weighted by Gasteiger charge is -2.37. The zero-order chi connectivity index (χ0) is 11.6. The van der Waals surface area contributed by atoms with Gasteiger partial charge >= 0.3 is 0 Å². The Morgan fingerprint density at radius 1 is 1.50 bits per heavy atom. The summed E-state index contributed by atoms with van der Waals surface area (Å²) in [5, 5.41) is 10.7. The maximum atomic E-state index is 10.7. The number of hydrogen-bond donors (Lipinski definition) is 1. The quantitative estimate of drug-likeness (QED) is 0.830. The van der Waals surface area contributed by atoms with Crippen molar-refractivity contribution in [1.29, 1.82) is 0 Å². The summed E-state index contributed by atoms with van der Waals surface area (Å²) in [6, 6.07) is 8.17. The third kappa shape index (κ3) is 2.28. The molecule has 2 heteroatoms. The number of benzene rings is 1. The standard InChI is InChI=1S/C14H20O2/c1-3-13-10-14(15,7-8-16-13)12-6-4-5-11(2)9-12/h4-6,9,13,15H,3,7-8,10H2,1-2H3. The number of aliphatic hydroxyl groups is 1. The van der Waals surface area contributed by atoms with Gasteiger partial charge in [0.1, 0.15) is 0 Å². The van der Waals surface area contributed by atoms with Gasteiger partial charge in [0.15, 0.2) is 0 Å². The van der Waals surface area contributed by atoms with Crippen molar-refractivity contribution in [1.82, 2.24) is 0 Å². The summed E-state index contributed by atoms with van der Waals surface area (Å²) in [6.07, 6.45) is 2.58. The Hall–Kier alpha value is -0.860. The molecule has 0 spiro atoms. The van der Waals surface area contributed by atoms with Crippen molar-refractivity contribution in [2.75, 3.05) is 6.61 Å². The summed E-state index contributed by atoms with van der Waals surface area (Å²) in [5.41, 5.74) is 1.55. The van der Waals surface area contributed by atoms with Crippen LogP contribution in [0.15, 0.2) is 24.3 Å². The summed E-state index contributed by atoms with van der Waals surface area (Å²) in [6.45, 7) is 4.82. The fraction of sp³-hybridized carbons (Fsp3) is 0.571. The number of aryl methyl sites for hydroxylation is 1. The molecule has 1 N–H and O–H groups in total. The van der Waals surface area contributed by atoms with Crippen molar-refractivity contribution < 1.29 is 9.84 Å². The van der Waals surface area contributed by atoms with Crippen molar-refractivity contribution in [2.24, 2.45) is 0 Å². The molecule has 1 aromatic rings. The molecule has 0 bridgehead atoms. The van der Waals surface area contributed by atoms with E-state index in [0.29, 0.717) is 19.4 Å². The van der Waals surface area contributed by atoms with Crippen LogP contribution >= 0.6 is 0 Å². The SMILES string of the molecule is CCC1CC(O)(c2cccc(C)c2)CCO1. The molecule has 1 aromatic carbocycles. The van der Waals surface area contributed by atoms with Gasteiger partial charge in [-0.2, -0.15) is 0 Å².